The number of rotatable bonds is 5. The van der Waals surface area contributed by atoms with Gasteiger partial charge in [0.2, 0.25) is 0 Å². The summed E-state index contributed by atoms with van der Waals surface area (Å²) in [6.07, 6.45) is 13.8. The van der Waals surface area contributed by atoms with E-state index in [1.807, 2.05) is 0 Å². The summed E-state index contributed by atoms with van der Waals surface area (Å²) in [6, 6.07) is 13.2. The lowest BCUT2D eigenvalue weighted by Gasteiger charge is -2.24. The van der Waals surface area contributed by atoms with Gasteiger partial charge in [0.15, 0.2) is 12.4 Å². The Bertz CT molecular complexity index is 580. The molecule has 0 amide bonds. The highest BCUT2D eigenvalue weighted by Crippen LogP contribution is 2.34. The first-order valence-electron chi connectivity index (χ1n) is 8.35. The molecule has 1 aromatic carbocycles. The Morgan fingerprint density at radius 3 is 2.73 bits per heavy atom. The normalized spacial score (nSPS) is 16.7. The number of hydrogen-bond donors (Lipinski definition) is 0. The summed E-state index contributed by atoms with van der Waals surface area (Å²) in [5, 5.41) is 0. The molecule has 118 valence electrons. The van der Waals surface area contributed by atoms with Gasteiger partial charge in [0.25, 0.3) is 0 Å². The van der Waals surface area contributed by atoms with E-state index in [-0.39, 0.29) is 24.0 Å². The molecule has 1 unspecified atom stereocenters. The fraction of sp³-hybridized carbons (Fsp3) is 0.450. The van der Waals surface area contributed by atoms with Gasteiger partial charge in [-0.05, 0) is 55.6 Å². The van der Waals surface area contributed by atoms with Crippen molar-refractivity contribution in [1.82, 2.24) is 0 Å². The third-order valence-corrected chi connectivity index (χ3v) is 4.77. The topological polar surface area (TPSA) is 3.88 Å². The number of aryl methyl sites for hydroxylation is 3. The van der Waals surface area contributed by atoms with Crippen molar-refractivity contribution in [3.8, 4) is 0 Å². The highest BCUT2D eigenvalue weighted by atomic mass is 127. The molecule has 3 rings (SSSR count). The molecular weight excluding hydrogens is 381 g/mol. The van der Waals surface area contributed by atoms with Crippen LogP contribution in [-0.2, 0) is 19.9 Å². The summed E-state index contributed by atoms with van der Waals surface area (Å²) >= 11 is 0. The molecule has 0 radical (unpaired) electrons. The average molecular weight is 407 g/mol. The maximum absolute atomic E-state index is 2.36. The van der Waals surface area contributed by atoms with Gasteiger partial charge in [0, 0.05) is 11.6 Å². The molecule has 0 saturated carbocycles. The molecule has 0 saturated heterocycles. The molecule has 1 atom stereocenters. The monoisotopic (exact) mass is 407 g/mol. The van der Waals surface area contributed by atoms with Crippen molar-refractivity contribution in [1.29, 1.82) is 0 Å². The summed E-state index contributed by atoms with van der Waals surface area (Å²) in [5.41, 5.74) is 4.69. The van der Waals surface area contributed by atoms with E-state index in [1.54, 1.807) is 11.1 Å². The van der Waals surface area contributed by atoms with E-state index in [0.29, 0.717) is 0 Å². The molecule has 1 heterocycles. The summed E-state index contributed by atoms with van der Waals surface area (Å²) in [6.45, 7) is 0. The number of hydrogen-bond acceptors (Lipinski definition) is 0. The smallest absolute Gasteiger partial charge is 0.171 e. The van der Waals surface area contributed by atoms with E-state index in [2.05, 4.69) is 60.4 Å². The summed E-state index contributed by atoms with van der Waals surface area (Å²) in [5.74, 6) is 0.797. The van der Waals surface area contributed by atoms with Crippen molar-refractivity contribution < 1.29 is 28.5 Å². The lowest BCUT2D eigenvalue weighted by atomic mass is 9.81. The molecule has 0 fully saturated rings. The van der Waals surface area contributed by atoms with Crippen LogP contribution in [0.2, 0.25) is 0 Å². The van der Waals surface area contributed by atoms with Gasteiger partial charge in [-0.15, -0.1) is 0 Å². The van der Waals surface area contributed by atoms with Crippen LogP contribution in [0.3, 0.4) is 0 Å². The fourth-order valence-electron chi connectivity index (χ4n) is 3.63. The van der Waals surface area contributed by atoms with Crippen molar-refractivity contribution in [2.24, 2.45) is 7.05 Å². The lowest BCUT2D eigenvalue weighted by molar-refractivity contribution is -0.672. The van der Waals surface area contributed by atoms with Crippen LogP contribution in [0.25, 0.3) is 0 Å². The number of unbranched alkanes of at least 4 members (excludes halogenated alkanes) is 1. The van der Waals surface area contributed by atoms with Crippen molar-refractivity contribution >= 4 is 0 Å². The fourth-order valence-corrected chi connectivity index (χ4v) is 3.63. The van der Waals surface area contributed by atoms with Gasteiger partial charge in [0.05, 0.1) is 0 Å². The standard InChI is InChI=1S/C20H26N.HI/c1-21-15-14-20-18(12-7-13-19(20)16-21)11-6-5-10-17-8-3-2-4-9-17;/h2-4,8-9,14-16,18H,5-7,10-13H2,1H3;1H/q+1;/p-1. The van der Waals surface area contributed by atoms with Crippen molar-refractivity contribution in [3.05, 3.63) is 65.5 Å². The summed E-state index contributed by atoms with van der Waals surface area (Å²) in [7, 11) is 2.13. The predicted octanol–water partition coefficient (Wildman–Crippen LogP) is 1.35. The number of benzene rings is 1. The van der Waals surface area contributed by atoms with Gasteiger partial charge < -0.3 is 24.0 Å². The number of aromatic nitrogens is 1. The van der Waals surface area contributed by atoms with Crippen LogP contribution in [0.4, 0.5) is 0 Å². The molecule has 2 heteroatoms. The van der Waals surface area contributed by atoms with E-state index in [1.165, 1.54) is 50.5 Å². The van der Waals surface area contributed by atoms with Gasteiger partial charge in [-0.1, -0.05) is 36.8 Å². The Hall–Kier alpha value is -0.900. The van der Waals surface area contributed by atoms with Crippen LogP contribution in [0.15, 0.2) is 48.8 Å². The molecule has 2 aromatic rings. The van der Waals surface area contributed by atoms with Gasteiger partial charge in [-0.2, -0.15) is 0 Å². The minimum absolute atomic E-state index is 0. The van der Waals surface area contributed by atoms with Crippen LogP contribution < -0.4 is 28.5 Å². The summed E-state index contributed by atoms with van der Waals surface area (Å²) in [4.78, 5) is 0. The Labute approximate surface area is 151 Å². The number of nitrogens with zero attached hydrogens (tertiary/aromatic N) is 1. The minimum Gasteiger partial charge on any atom is -1.00 e. The lowest BCUT2D eigenvalue weighted by Crippen LogP contribution is -3.00. The second-order valence-corrected chi connectivity index (χ2v) is 6.41. The molecule has 1 aromatic heterocycles. The first-order valence-corrected chi connectivity index (χ1v) is 8.35. The third kappa shape index (κ3) is 4.55. The third-order valence-electron chi connectivity index (χ3n) is 4.77. The van der Waals surface area contributed by atoms with Crippen LogP contribution >= 0.6 is 0 Å². The zero-order chi connectivity index (χ0) is 14.5. The second-order valence-electron chi connectivity index (χ2n) is 6.41. The number of pyridine rings is 1. The Kier molecular flexibility index (Phi) is 6.87. The molecule has 0 aliphatic heterocycles. The van der Waals surface area contributed by atoms with Crippen molar-refractivity contribution in [2.75, 3.05) is 0 Å². The van der Waals surface area contributed by atoms with Crippen LogP contribution in [0.5, 0.6) is 0 Å². The van der Waals surface area contributed by atoms with Crippen LogP contribution in [0, 0.1) is 0 Å². The van der Waals surface area contributed by atoms with Crippen LogP contribution in [0.1, 0.15) is 54.7 Å². The number of fused-ring (bicyclic) bond motifs is 1. The van der Waals surface area contributed by atoms with Gasteiger partial charge in [0.1, 0.15) is 7.05 Å². The van der Waals surface area contributed by atoms with Crippen molar-refractivity contribution in [3.63, 3.8) is 0 Å². The van der Waals surface area contributed by atoms with E-state index in [9.17, 15) is 0 Å². The zero-order valence-corrected chi connectivity index (χ0v) is 15.6. The van der Waals surface area contributed by atoms with E-state index in [0.717, 1.165) is 5.92 Å². The van der Waals surface area contributed by atoms with Gasteiger partial charge in [-0.25, -0.2) is 4.57 Å². The van der Waals surface area contributed by atoms with Gasteiger partial charge in [-0.3, -0.25) is 0 Å². The molecule has 1 aliphatic carbocycles. The molecular formula is C20H26IN. The SMILES string of the molecule is C[n+]1ccc2c(c1)CCCC2CCCCc1ccccc1.[I-]. The molecule has 0 spiro atoms. The Balaban J connectivity index is 0.00000176. The van der Waals surface area contributed by atoms with E-state index >= 15 is 0 Å². The Morgan fingerprint density at radius 1 is 1.09 bits per heavy atom. The van der Waals surface area contributed by atoms with Crippen molar-refractivity contribution in [2.45, 2.75) is 50.9 Å². The summed E-state index contributed by atoms with van der Waals surface area (Å²) < 4.78 is 2.19. The largest absolute Gasteiger partial charge is 1.00 e. The van der Waals surface area contributed by atoms with Gasteiger partial charge >= 0.3 is 0 Å². The highest BCUT2D eigenvalue weighted by Gasteiger charge is 2.21. The zero-order valence-electron chi connectivity index (χ0n) is 13.5. The predicted molar refractivity (Wildman–Crippen MR) is 87.3 cm³/mol. The highest BCUT2D eigenvalue weighted by molar-refractivity contribution is 5.28. The molecule has 1 nitrogen and oxygen atoms in total. The van der Waals surface area contributed by atoms with E-state index < -0.39 is 0 Å². The molecule has 1 aliphatic rings. The quantitative estimate of drug-likeness (QED) is 0.400. The first kappa shape index (κ1) is 17.5. The average Bonchev–Trinajstić information content (AvgIpc) is 2.52. The van der Waals surface area contributed by atoms with E-state index in [4.69, 9.17) is 0 Å². The maximum atomic E-state index is 2.36. The second kappa shape index (κ2) is 8.66. The molecule has 0 N–H and O–H groups in total. The van der Waals surface area contributed by atoms with Crippen LogP contribution in [-0.4, -0.2) is 0 Å². The maximum Gasteiger partial charge on any atom is 0.171 e. The Morgan fingerprint density at radius 2 is 1.91 bits per heavy atom. The minimum atomic E-state index is 0. The first-order chi connectivity index (χ1) is 10.3. The number of halogens is 1. The molecule has 0 bridgehead atoms. The molecule has 22 heavy (non-hydrogen) atoms.